The number of halogens is 2. The Morgan fingerprint density at radius 3 is 2.47 bits per heavy atom. The quantitative estimate of drug-likeness (QED) is 0.180. The Balaban J connectivity index is 1.74. The number of aryl methyl sites for hydroxylation is 2. The van der Waals surface area contributed by atoms with Gasteiger partial charge in [0.25, 0.3) is 11.8 Å². The molecule has 0 bridgehead atoms. The Morgan fingerprint density at radius 1 is 1.08 bits per heavy atom. The minimum atomic E-state index is -0.558. The summed E-state index contributed by atoms with van der Waals surface area (Å²) in [5.74, 6) is -0.119. The molecular formula is C27H23ClIN3O4. The van der Waals surface area contributed by atoms with Crippen molar-refractivity contribution in [1.29, 1.82) is 5.26 Å². The molecule has 0 aliphatic rings. The van der Waals surface area contributed by atoms with E-state index in [1.165, 1.54) is 13.2 Å². The molecule has 0 spiro atoms. The fourth-order valence-corrected chi connectivity index (χ4v) is 4.11. The van der Waals surface area contributed by atoms with Crippen LogP contribution in [0.5, 0.6) is 11.5 Å². The zero-order valence-electron chi connectivity index (χ0n) is 19.8. The predicted molar refractivity (Wildman–Crippen MR) is 149 cm³/mol. The van der Waals surface area contributed by atoms with Crippen molar-refractivity contribution in [2.45, 2.75) is 13.8 Å². The molecule has 2 N–H and O–H groups in total. The van der Waals surface area contributed by atoms with Gasteiger partial charge in [0.2, 0.25) is 0 Å². The molecule has 3 aromatic carbocycles. The van der Waals surface area contributed by atoms with E-state index in [-0.39, 0.29) is 18.1 Å². The molecule has 0 saturated heterocycles. The molecule has 184 valence electrons. The molecule has 36 heavy (non-hydrogen) atoms. The highest BCUT2D eigenvalue weighted by molar-refractivity contribution is 14.1. The second-order valence-corrected chi connectivity index (χ2v) is 9.42. The third-order valence-electron chi connectivity index (χ3n) is 5.04. The smallest absolute Gasteiger partial charge is 0.266 e. The normalized spacial score (nSPS) is 10.8. The molecule has 0 aromatic heterocycles. The van der Waals surface area contributed by atoms with E-state index in [1.807, 2.05) is 38.1 Å². The third-order valence-corrected chi connectivity index (χ3v) is 6.10. The van der Waals surface area contributed by atoms with Gasteiger partial charge in [-0.15, -0.1) is 0 Å². The molecule has 0 radical (unpaired) electrons. The van der Waals surface area contributed by atoms with Gasteiger partial charge in [-0.1, -0.05) is 23.7 Å². The van der Waals surface area contributed by atoms with Crippen molar-refractivity contribution < 1.29 is 19.1 Å². The number of benzene rings is 3. The van der Waals surface area contributed by atoms with Crippen molar-refractivity contribution >= 4 is 63.5 Å². The average molecular weight is 616 g/mol. The van der Waals surface area contributed by atoms with Gasteiger partial charge in [0.05, 0.1) is 10.7 Å². The number of carbonyl (C=O) groups excluding carboxylic acids is 2. The summed E-state index contributed by atoms with van der Waals surface area (Å²) in [4.78, 5) is 25.1. The summed E-state index contributed by atoms with van der Waals surface area (Å²) in [5.41, 5.74) is 3.70. The van der Waals surface area contributed by atoms with Gasteiger partial charge in [-0.25, -0.2) is 0 Å². The molecule has 9 heteroatoms. The van der Waals surface area contributed by atoms with Gasteiger partial charge in [0.15, 0.2) is 18.1 Å². The Bertz CT molecular complexity index is 1360. The average Bonchev–Trinajstić information content (AvgIpc) is 2.85. The molecule has 0 saturated carbocycles. The fourth-order valence-electron chi connectivity index (χ4n) is 3.20. The van der Waals surface area contributed by atoms with Gasteiger partial charge >= 0.3 is 0 Å². The summed E-state index contributed by atoms with van der Waals surface area (Å²) in [6.45, 7) is 3.65. The lowest BCUT2D eigenvalue weighted by Crippen LogP contribution is -2.21. The fraction of sp³-hybridized carbons (Fsp3) is 0.148. The summed E-state index contributed by atoms with van der Waals surface area (Å²) in [6, 6.07) is 17.7. The largest absolute Gasteiger partial charge is 0.493 e. The van der Waals surface area contributed by atoms with Crippen molar-refractivity contribution in [2.24, 2.45) is 0 Å². The zero-order valence-corrected chi connectivity index (χ0v) is 22.7. The van der Waals surface area contributed by atoms with E-state index >= 15 is 0 Å². The molecule has 7 nitrogen and oxygen atoms in total. The predicted octanol–water partition coefficient (Wildman–Crippen LogP) is 6.13. The number of nitrogens with one attached hydrogen (secondary N) is 2. The summed E-state index contributed by atoms with van der Waals surface area (Å²) in [6.07, 6.45) is 1.45. The minimum absolute atomic E-state index is 0.0932. The highest BCUT2D eigenvalue weighted by Gasteiger charge is 2.16. The highest BCUT2D eigenvalue weighted by Crippen LogP contribution is 2.34. The van der Waals surface area contributed by atoms with Crippen molar-refractivity contribution in [2.75, 3.05) is 24.4 Å². The Kier molecular flexibility index (Phi) is 9.33. The molecule has 0 aliphatic carbocycles. The lowest BCUT2D eigenvalue weighted by Gasteiger charge is -2.14. The van der Waals surface area contributed by atoms with E-state index in [9.17, 15) is 14.9 Å². The maximum Gasteiger partial charge on any atom is 0.266 e. The Labute approximate surface area is 228 Å². The number of nitriles is 1. The van der Waals surface area contributed by atoms with Crippen LogP contribution >= 0.6 is 34.2 Å². The van der Waals surface area contributed by atoms with Crippen LogP contribution in [0.2, 0.25) is 5.02 Å². The first kappa shape index (κ1) is 27.0. The number of rotatable bonds is 8. The molecule has 2 amide bonds. The standard InChI is InChI=1S/C27H23ClIN3O4/c1-16-4-5-17(2)23(10-16)32-25(33)15-36-26-22(29)12-18(13-24(26)35-3)11-19(14-30)27(34)31-21-8-6-20(28)7-9-21/h4-13H,15H2,1-3H3,(H,31,34)(H,32,33)/b19-11-. The van der Waals surface area contributed by atoms with Gasteiger partial charge in [0, 0.05) is 16.4 Å². The molecular weight excluding hydrogens is 593 g/mol. The molecule has 3 rings (SSSR count). The van der Waals surface area contributed by atoms with Crippen LogP contribution in [0.4, 0.5) is 11.4 Å². The second-order valence-electron chi connectivity index (χ2n) is 7.82. The van der Waals surface area contributed by atoms with Gasteiger partial charge in [-0.2, -0.15) is 5.26 Å². The first-order valence-electron chi connectivity index (χ1n) is 10.8. The van der Waals surface area contributed by atoms with Crippen molar-refractivity contribution in [3.05, 3.63) is 85.5 Å². The topological polar surface area (TPSA) is 100 Å². The number of anilines is 2. The number of amides is 2. The number of ether oxygens (including phenoxy) is 2. The summed E-state index contributed by atoms with van der Waals surface area (Å²) >= 11 is 7.92. The summed E-state index contributed by atoms with van der Waals surface area (Å²) in [7, 11) is 1.47. The number of hydrogen-bond acceptors (Lipinski definition) is 5. The van der Waals surface area contributed by atoms with Gasteiger partial charge in [-0.3, -0.25) is 9.59 Å². The van der Waals surface area contributed by atoms with Crippen molar-refractivity contribution in [1.82, 2.24) is 0 Å². The van der Waals surface area contributed by atoms with E-state index in [0.717, 1.165) is 16.8 Å². The molecule has 3 aromatic rings. The van der Waals surface area contributed by atoms with Crippen LogP contribution in [0, 0.1) is 28.7 Å². The van der Waals surface area contributed by atoms with E-state index in [4.69, 9.17) is 21.1 Å². The molecule has 0 atom stereocenters. The summed E-state index contributed by atoms with van der Waals surface area (Å²) in [5, 5.41) is 15.6. The monoisotopic (exact) mass is 615 g/mol. The summed E-state index contributed by atoms with van der Waals surface area (Å²) < 4.78 is 11.9. The van der Waals surface area contributed by atoms with Gasteiger partial charge < -0.3 is 20.1 Å². The SMILES string of the molecule is COc1cc(/C=C(/C#N)C(=O)Nc2ccc(Cl)cc2)cc(I)c1OCC(=O)Nc1cc(C)ccc1C. The third kappa shape index (κ3) is 7.23. The molecule has 0 aliphatic heterocycles. The number of hydrogen-bond donors (Lipinski definition) is 2. The first-order chi connectivity index (χ1) is 17.2. The van der Waals surface area contributed by atoms with Crippen LogP contribution in [-0.2, 0) is 9.59 Å². The molecule has 0 fully saturated rings. The minimum Gasteiger partial charge on any atom is -0.493 e. The maximum atomic E-state index is 12.6. The number of carbonyl (C=O) groups is 2. The lowest BCUT2D eigenvalue weighted by molar-refractivity contribution is -0.118. The van der Waals surface area contributed by atoms with Crippen LogP contribution in [0.1, 0.15) is 16.7 Å². The first-order valence-corrected chi connectivity index (χ1v) is 12.2. The lowest BCUT2D eigenvalue weighted by atomic mass is 10.1. The van der Waals surface area contributed by atoms with Crippen LogP contribution < -0.4 is 20.1 Å². The second kappa shape index (κ2) is 12.4. The van der Waals surface area contributed by atoms with Crippen LogP contribution in [0.3, 0.4) is 0 Å². The van der Waals surface area contributed by atoms with Crippen molar-refractivity contribution in [3.8, 4) is 17.6 Å². The van der Waals surface area contributed by atoms with Crippen LogP contribution in [0.25, 0.3) is 6.08 Å². The Hall–Kier alpha value is -3.55. The molecule has 0 heterocycles. The van der Waals surface area contributed by atoms with E-state index in [2.05, 4.69) is 33.2 Å². The van der Waals surface area contributed by atoms with E-state index in [1.54, 1.807) is 36.4 Å². The number of methoxy groups -OCH3 is 1. The maximum absolute atomic E-state index is 12.6. The Morgan fingerprint density at radius 2 is 1.81 bits per heavy atom. The zero-order chi connectivity index (χ0) is 26.2. The van der Waals surface area contributed by atoms with Gasteiger partial charge in [-0.05, 0) is 102 Å². The molecule has 0 unspecified atom stereocenters. The number of nitrogens with zero attached hydrogens (tertiary/aromatic N) is 1. The van der Waals surface area contributed by atoms with E-state index < -0.39 is 5.91 Å². The highest BCUT2D eigenvalue weighted by atomic mass is 127. The van der Waals surface area contributed by atoms with Crippen molar-refractivity contribution in [3.63, 3.8) is 0 Å². The van der Waals surface area contributed by atoms with Gasteiger partial charge in [0.1, 0.15) is 11.6 Å². The van der Waals surface area contributed by atoms with E-state index in [0.29, 0.717) is 31.3 Å². The van der Waals surface area contributed by atoms with Crippen LogP contribution in [0.15, 0.2) is 60.2 Å². The van der Waals surface area contributed by atoms with Crippen LogP contribution in [-0.4, -0.2) is 25.5 Å².